The largest absolute Gasteiger partial charge is 0.396 e. The fourth-order valence-corrected chi connectivity index (χ4v) is 1.00. The van der Waals surface area contributed by atoms with Gasteiger partial charge in [0.1, 0.15) is 5.82 Å². The molecule has 1 aromatic heterocycles. The Balaban J connectivity index is 2.50. The van der Waals surface area contributed by atoms with Crippen molar-refractivity contribution < 1.29 is 5.11 Å². The molecule has 0 spiro atoms. The van der Waals surface area contributed by atoms with Crippen molar-refractivity contribution in [2.24, 2.45) is 5.92 Å². The van der Waals surface area contributed by atoms with Crippen molar-refractivity contribution in [3.8, 4) is 0 Å². The van der Waals surface area contributed by atoms with Gasteiger partial charge < -0.3 is 16.2 Å². The molecular weight excluding hydrogens is 178 g/mol. The van der Waals surface area contributed by atoms with E-state index in [1.807, 2.05) is 13.8 Å². The lowest BCUT2D eigenvalue weighted by atomic mass is 10.1. The standard InChI is InChI=1S/C10H17N3O/c1-7(2)9(14)6-13-10-8(11)4-3-5-12-10/h3-5,7,9,14H,6,11H2,1-2H3,(H,12,13). The van der Waals surface area contributed by atoms with Crippen LogP contribution in [0.3, 0.4) is 0 Å². The van der Waals surface area contributed by atoms with Crippen LogP contribution in [0, 0.1) is 5.92 Å². The van der Waals surface area contributed by atoms with Crippen LogP contribution in [0.15, 0.2) is 18.3 Å². The zero-order valence-electron chi connectivity index (χ0n) is 8.57. The number of aliphatic hydroxyl groups is 1. The lowest BCUT2D eigenvalue weighted by Gasteiger charge is -2.15. The van der Waals surface area contributed by atoms with Crippen molar-refractivity contribution in [3.63, 3.8) is 0 Å². The third-order valence-electron chi connectivity index (χ3n) is 2.09. The van der Waals surface area contributed by atoms with Crippen molar-refractivity contribution in [1.82, 2.24) is 4.98 Å². The minimum atomic E-state index is -0.378. The smallest absolute Gasteiger partial charge is 0.149 e. The van der Waals surface area contributed by atoms with Gasteiger partial charge in [0.05, 0.1) is 11.8 Å². The summed E-state index contributed by atoms with van der Waals surface area (Å²) < 4.78 is 0. The van der Waals surface area contributed by atoms with Gasteiger partial charge in [-0.3, -0.25) is 0 Å². The molecule has 1 rings (SSSR count). The summed E-state index contributed by atoms with van der Waals surface area (Å²) in [5.41, 5.74) is 6.28. The van der Waals surface area contributed by atoms with E-state index in [4.69, 9.17) is 5.73 Å². The van der Waals surface area contributed by atoms with Crippen LogP contribution in [0.2, 0.25) is 0 Å². The molecule has 0 saturated carbocycles. The number of hydrogen-bond donors (Lipinski definition) is 3. The van der Waals surface area contributed by atoms with Crippen molar-refractivity contribution >= 4 is 11.5 Å². The van der Waals surface area contributed by atoms with Gasteiger partial charge in [-0.05, 0) is 18.1 Å². The number of aliphatic hydroxyl groups excluding tert-OH is 1. The molecule has 14 heavy (non-hydrogen) atoms. The van der Waals surface area contributed by atoms with Crippen LogP contribution in [0.4, 0.5) is 11.5 Å². The zero-order valence-corrected chi connectivity index (χ0v) is 8.57. The number of aromatic nitrogens is 1. The van der Waals surface area contributed by atoms with E-state index in [1.165, 1.54) is 0 Å². The summed E-state index contributed by atoms with van der Waals surface area (Å²) in [6.45, 7) is 4.40. The number of nitrogen functional groups attached to an aromatic ring is 1. The van der Waals surface area contributed by atoms with Crippen LogP contribution in [0.1, 0.15) is 13.8 Å². The second-order valence-electron chi connectivity index (χ2n) is 3.63. The highest BCUT2D eigenvalue weighted by atomic mass is 16.3. The summed E-state index contributed by atoms with van der Waals surface area (Å²) >= 11 is 0. The molecule has 0 radical (unpaired) electrons. The molecule has 78 valence electrons. The summed E-state index contributed by atoms with van der Waals surface area (Å²) in [4.78, 5) is 4.06. The molecule has 0 fully saturated rings. The van der Waals surface area contributed by atoms with E-state index in [2.05, 4.69) is 10.3 Å². The van der Waals surface area contributed by atoms with Gasteiger partial charge >= 0.3 is 0 Å². The molecule has 0 aliphatic carbocycles. The lowest BCUT2D eigenvalue weighted by molar-refractivity contribution is 0.138. The Morgan fingerprint density at radius 2 is 2.29 bits per heavy atom. The predicted octanol–water partition coefficient (Wildman–Crippen LogP) is 1.09. The fraction of sp³-hybridized carbons (Fsp3) is 0.500. The van der Waals surface area contributed by atoms with Gasteiger partial charge in [0.25, 0.3) is 0 Å². The Hall–Kier alpha value is -1.29. The molecule has 0 bridgehead atoms. The number of nitrogens with zero attached hydrogens (tertiary/aromatic N) is 1. The predicted molar refractivity (Wildman–Crippen MR) is 58.0 cm³/mol. The van der Waals surface area contributed by atoms with E-state index in [0.717, 1.165) is 0 Å². The average molecular weight is 195 g/mol. The number of hydrogen-bond acceptors (Lipinski definition) is 4. The molecule has 4 nitrogen and oxygen atoms in total. The van der Waals surface area contributed by atoms with E-state index < -0.39 is 0 Å². The highest BCUT2D eigenvalue weighted by Crippen LogP contribution is 2.13. The molecule has 0 aliphatic rings. The first-order chi connectivity index (χ1) is 6.61. The van der Waals surface area contributed by atoms with Gasteiger partial charge in [0.2, 0.25) is 0 Å². The van der Waals surface area contributed by atoms with E-state index in [1.54, 1.807) is 18.3 Å². The van der Waals surface area contributed by atoms with E-state index in [0.29, 0.717) is 18.1 Å². The molecule has 0 aliphatic heterocycles. The SMILES string of the molecule is CC(C)C(O)CNc1ncccc1N. The molecule has 1 atom stereocenters. The van der Waals surface area contributed by atoms with Crippen LogP contribution in [0.25, 0.3) is 0 Å². The maximum Gasteiger partial charge on any atom is 0.149 e. The highest BCUT2D eigenvalue weighted by molar-refractivity contribution is 5.60. The van der Waals surface area contributed by atoms with Gasteiger partial charge in [-0.1, -0.05) is 13.8 Å². The van der Waals surface area contributed by atoms with Gasteiger partial charge in [-0.15, -0.1) is 0 Å². The third-order valence-corrected chi connectivity index (χ3v) is 2.09. The van der Waals surface area contributed by atoms with Crippen molar-refractivity contribution in [2.45, 2.75) is 20.0 Å². The summed E-state index contributed by atoms with van der Waals surface area (Å²) in [6, 6.07) is 3.55. The van der Waals surface area contributed by atoms with Crippen LogP contribution in [-0.2, 0) is 0 Å². The Kier molecular flexibility index (Phi) is 3.71. The average Bonchev–Trinajstić information content (AvgIpc) is 2.16. The topological polar surface area (TPSA) is 71.2 Å². The molecule has 4 heteroatoms. The number of pyridine rings is 1. The Morgan fingerprint density at radius 1 is 1.57 bits per heavy atom. The van der Waals surface area contributed by atoms with Gasteiger partial charge in [0.15, 0.2) is 0 Å². The normalized spacial score (nSPS) is 12.9. The lowest BCUT2D eigenvalue weighted by Crippen LogP contribution is -2.25. The molecule has 1 unspecified atom stereocenters. The number of nitrogens with two attached hydrogens (primary N) is 1. The quantitative estimate of drug-likeness (QED) is 0.672. The first-order valence-corrected chi connectivity index (χ1v) is 4.73. The fourth-order valence-electron chi connectivity index (χ4n) is 1.00. The monoisotopic (exact) mass is 195 g/mol. The van der Waals surface area contributed by atoms with Crippen LogP contribution >= 0.6 is 0 Å². The number of anilines is 2. The Morgan fingerprint density at radius 3 is 2.86 bits per heavy atom. The van der Waals surface area contributed by atoms with Gasteiger partial charge in [-0.2, -0.15) is 0 Å². The molecule has 0 amide bonds. The summed E-state index contributed by atoms with van der Waals surface area (Å²) in [5.74, 6) is 0.861. The van der Waals surface area contributed by atoms with Crippen LogP contribution in [-0.4, -0.2) is 22.7 Å². The Bertz CT molecular complexity index is 288. The van der Waals surface area contributed by atoms with Crippen molar-refractivity contribution in [3.05, 3.63) is 18.3 Å². The second-order valence-corrected chi connectivity index (χ2v) is 3.63. The van der Waals surface area contributed by atoms with Crippen LogP contribution < -0.4 is 11.1 Å². The molecule has 0 saturated heterocycles. The minimum absolute atomic E-state index is 0.229. The third kappa shape index (κ3) is 2.88. The van der Waals surface area contributed by atoms with E-state index >= 15 is 0 Å². The first-order valence-electron chi connectivity index (χ1n) is 4.73. The first kappa shape index (κ1) is 10.8. The molecule has 0 aromatic carbocycles. The maximum absolute atomic E-state index is 9.55. The molecular formula is C10H17N3O. The van der Waals surface area contributed by atoms with E-state index in [9.17, 15) is 5.11 Å². The van der Waals surface area contributed by atoms with Crippen molar-refractivity contribution in [1.29, 1.82) is 0 Å². The Labute approximate surface area is 84.2 Å². The molecule has 1 heterocycles. The summed E-state index contributed by atoms with van der Waals surface area (Å²) in [5, 5.41) is 12.6. The molecule has 1 aromatic rings. The minimum Gasteiger partial charge on any atom is -0.396 e. The van der Waals surface area contributed by atoms with Crippen LogP contribution in [0.5, 0.6) is 0 Å². The molecule has 4 N–H and O–H groups in total. The maximum atomic E-state index is 9.55. The zero-order chi connectivity index (χ0) is 10.6. The van der Waals surface area contributed by atoms with Gasteiger partial charge in [-0.25, -0.2) is 4.98 Å². The van der Waals surface area contributed by atoms with E-state index in [-0.39, 0.29) is 12.0 Å². The second kappa shape index (κ2) is 4.81. The highest BCUT2D eigenvalue weighted by Gasteiger charge is 2.09. The van der Waals surface area contributed by atoms with Gasteiger partial charge in [0, 0.05) is 12.7 Å². The summed E-state index contributed by atoms with van der Waals surface area (Å²) in [7, 11) is 0. The number of rotatable bonds is 4. The summed E-state index contributed by atoms with van der Waals surface area (Å²) in [6.07, 6.45) is 1.29. The number of nitrogens with one attached hydrogen (secondary N) is 1. The van der Waals surface area contributed by atoms with Crippen molar-refractivity contribution in [2.75, 3.05) is 17.6 Å².